The predicted octanol–water partition coefficient (Wildman–Crippen LogP) is 5.88. The Morgan fingerprint density at radius 3 is 2.67 bits per heavy atom. The highest BCUT2D eigenvalue weighted by Gasteiger charge is 2.13. The molecule has 2 aromatic heterocycles. The first-order chi connectivity index (χ1) is 14.6. The first-order valence-corrected chi connectivity index (χ1v) is 10.7. The summed E-state index contributed by atoms with van der Waals surface area (Å²) in [6, 6.07) is 18.9. The van der Waals surface area contributed by atoms with E-state index in [1.807, 2.05) is 48.5 Å². The molecule has 0 aliphatic rings. The standard InChI is InChI=1S/C22H17Br2N3O3/c23-16-7-5-15(6-8-16)12-27-13-17(11-25-27)26-22(28)21-10-9-18(30-21)14-29-20-4-2-1-3-19(20)24/h1-11,13H,12,14H2,(H,26,28). The zero-order valence-corrected chi connectivity index (χ0v) is 18.9. The number of rotatable bonds is 7. The molecule has 0 spiro atoms. The molecular formula is C22H17Br2N3O3. The molecule has 4 aromatic rings. The monoisotopic (exact) mass is 529 g/mol. The van der Waals surface area contributed by atoms with Crippen LogP contribution in [0.4, 0.5) is 5.69 Å². The van der Waals surface area contributed by atoms with Crippen LogP contribution in [0.2, 0.25) is 0 Å². The number of benzene rings is 2. The van der Waals surface area contributed by atoms with Gasteiger partial charge in [0.05, 0.1) is 22.9 Å². The number of carbonyl (C=O) groups is 1. The van der Waals surface area contributed by atoms with E-state index in [0.717, 1.165) is 14.5 Å². The fraction of sp³-hybridized carbons (Fsp3) is 0.0909. The number of halogens is 2. The van der Waals surface area contributed by atoms with Crippen molar-refractivity contribution in [1.82, 2.24) is 9.78 Å². The summed E-state index contributed by atoms with van der Waals surface area (Å²) < 4.78 is 15.0. The summed E-state index contributed by atoms with van der Waals surface area (Å²) in [5, 5.41) is 7.09. The van der Waals surface area contributed by atoms with Crippen LogP contribution in [-0.2, 0) is 13.2 Å². The van der Waals surface area contributed by atoms with Crippen LogP contribution in [-0.4, -0.2) is 15.7 Å². The second kappa shape index (κ2) is 9.32. The van der Waals surface area contributed by atoms with Gasteiger partial charge >= 0.3 is 0 Å². The summed E-state index contributed by atoms with van der Waals surface area (Å²) in [6.45, 7) is 0.835. The third-order valence-electron chi connectivity index (χ3n) is 4.24. The predicted molar refractivity (Wildman–Crippen MR) is 121 cm³/mol. The van der Waals surface area contributed by atoms with Crippen LogP contribution in [0.15, 0.2) is 86.4 Å². The number of furan rings is 1. The lowest BCUT2D eigenvalue weighted by Gasteiger charge is -2.05. The van der Waals surface area contributed by atoms with Crippen molar-refractivity contribution in [3.8, 4) is 5.75 Å². The number of anilines is 1. The van der Waals surface area contributed by atoms with Gasteiger partial charge in [0.1, 0.15) is 18.1 Å². The molecule has 8 heteroatoms. The molecule has 4 rings (SSSR count). The number of hydrogen-bond donors (Lipinski definition) is 1. The molecular weight excluding hydrogens is 514 g/mol. The van der Waals surface area contributed by atoms with Crippen molar-refractivity contribution in [2.24, 2.45) is 0 Å². The minimum Gasteiger partial charge on any atom is -0.484 e. The van der Waals surface area contributed by atoms with Crippen molar-refractivity contribution in [2.75, 3.05) is 5.32 Å². The van der Waals surface area contributed by atoms with Gasteiger partial charge in [-0.05, 0) is 57.9 Å². The van der Waals surface area contributed by atoms with Crippen molar-refractivity contribution in [3.63, 3.8) is 0 Å². The van der Waals surface area contributed by atoms with Gasteiger partial charge < -0.3 is 14.5 Å². The van der Waals surface area contributed by atoms with E-state index in [-0.39, 0.29) is 18.3 Å². The summed E-state index contributed by atoms with van der Waals surface area (Å²) in [4.78, 5) is 12.5. The SMILES string of the molecule is O=C(Nc1cnn(Cc2ccc(Br)cc2)c1)c1ccc(COc2ccccc2Br)o1. The van der Waals surface area contributed by atoms with E-state index in [4.69, 9.17) is 9.15 Å². The first-order valence-electron chi connectivity index (χ1n) is 9.11. The quantitative estimate of drug-likeness (QED) is 0.324. The van der Waals surface area contributed by atoms with Crippen molar-refractivity contribution in [3.05, 3.63) is 99.1 Å². The van der Waals surface area contributed by atoms with Gasteiger partial charge in [0.25, 0.3) is 5.91 Å². The van der Waals surface area contributed by atoms with Gasteiger partial charge in [-0.25, -0.2) is 0 Å². The zero-order chi connectivity index (χ0) is 20.9. The molecule has 152 valence electrons. The van der Waals surface area contributed by atoms with Crippen molar-refractivity contribution < 1.29 is 13.9 Å². The van der Waals surface area contributed by atoms with E-state index >= 15 is 0 Å². The maximum absolute atomic E-state index is 12.5. The van der Waals surface area contributed by atoms with Crippen LogP contribution >= 0.6 is 31.9 Å². The smallest absolute Gasteiger partial charge is 0.291 e. The van der Waals surface area contributed by atoms with Gasteiger partial charge in [0.2, 0.25) is 0 Å². The number of aromatic nitrogens is 2. The Labute approximate surface area is 190 Å². The van der Waals surface area contributed by atoms with Crippen LogP contribution in [0.3, 0.4) is 0 Å². The van der Waals surface area contributed by atoms with Gasteiger partial charge in [0, 0.05) is 10.7 Å². The minimum absolute atomic E-state index is 0.210. The lowest BCUT2D eigenvalue weighted by atomic mass is 10.2. The molecule has 0 saturated heterocycles. The molecule has 2 heterocycles. The topological polar surface area (TPSA) is 69.3 Å². The highest BCUT2D eigenvalue weighted by molar-refractivity contribution is 9.10. The summed E-state index contributed by atoms with van der Waals surface area (Å²) >= 11 is 6.85. The number of hydrogen-bond acceptors (Lipinski definition) is 4. The van der Waals surface area contributed by atoms with Gasteiger partial charge in [-0.1, -0.05) is 40.2 Å². The second-order valence-corrected chi connectivity index (χ2v) is 8.26. The average molecular weight is 531 g/mol. The maximum atomic E-state index is 12.5. The summed E-state index contributed by atoms with van der Waals surface area (Å²) in [5.74, 6) is 1.13. The van der Waals surface area contributed by atoms with Crippen LogP contribution in [0, 0.1) is 0 Å². The molecule has 0 aliphatic heterocycles. The third kappa shape index (κ3) is 5.20. The fourth-order valence-corrected chi connectivity index (χ4v) is 3.44. The Bertz CT molecular complexity index is 1150. The number of ether oxygens (including phenoxy) is 1. The molecule has 1 N–H and O–H groups in total. The number of nitrogens with zero attached hydrogens (tertiary/aromatic N) is 2. The van der Waals surface area contributed by atoms with Gasteiger partial charge in [-0.3, -0.25) is 9.48 Å². The second-order valence-electron chi connectivity index (χ2n) is 6.49. The number of nitrogens with one attached hydrogen (secondary N) is 1. The normalized spacial score (nSPS) is 10.7. The van der Waals surface area contributed by atoms with E-state index in [0.29, 0.717) is 23.7 Å². The Morgan fingerprint density at radius 2 is 1.87 bits per heavy atom. The molecule has 30 heavy (non-hydrogen) atoms. The van der Waals surface area contributed by atoms with E-state index < -0.39 is 0 Å². The van der Waals surface area contributed by atoms with Crippen molar-refractivity contribution >= 4 is 43.5 Å². The highest BCUT2D eigenvalue weighted by Crippen LogP contribution is 2.25. The number of amides is 1. The fourth-order valence-electron chi connectivity index (χ4n) is 2.77. The highest BCUT2D eigenvalue weighted by atomic mass is 79.9. The molecule has 0 unspecified atom stereocenters. The van der Waals surface area contributed by atoms with Crippen molar-refractivity contribution in [1.29, 1.82) is 0 Å². The lowest BCUT2D eigenvalue weighted by molar-refractivity contribution is 0.0992. The van der Waals surface area contributed by atoms with Gasteiger partial charge in [-0.15, -0.1) is 0 Å². The molecule has 0 radical (unpaired) electrons. The van der Waals surface area contributed by atoms with Crippen LogP contribution in [0.1, 0.15) is 21.9 Å². The summed E-state index contributed by atoms with van der Waals surface area (Å²) in [5.41, 5.74) is 1.71. The third-order valence-corrected chi connectivity index (χ3v) is 5.42. The molecule has 0 fully saturated rings. The van der Waals surface area contributed by atoms with E-state index in [9.17, 15) is 4.79 Å². The van der Waals surface area contributed by atoms with Gasteiger partial charge in [-0.2, -0.15) is 5.10 Å². The molecule has 6 nitrogen and oxygen atoms in total. The average Bonchev–Trinajstić information content (AvgIpc) is 3.39. The first kappa shape index (κ1) is 20.4. The maximum Gasteiger partial charge on any atom is 0.291 e. The molecule has 0 atom stereocenters. The number of carbonyl (C=O) groups excluding carboxylic acids is 1. The largest absolute Gasteiger partial charge is 0.484 e. The van der Waals surface area contributed by atoms with E-state index in [1.54, 1.807) is 29.2 Å². The molecule has 0 saturated carbocycles. The van der Waals surface area contributed by atoms with Crippen LogP contribution in [0.5, 0.6) is 5.75 Å². The Kier molecular flexibility index (Phi) is 6.35. The van der Waals surface area contributed by atoms with Crippen molar-refractivity contribution in [2.45, 2.75) is 13.2 Å². The Morgan fingerprint density at radius 1 is 1.07 bits per heavy atom. The van der Waals surface area contributed by atoms with E-state index in [2.05, 4.69) is 42.3 Å². The minimum atomic E-state index is -0.342. The molecule has 0 aliphatic carbocycles. The van der Waals surface area contributed by atoms with E-state index in [1.165, 1.54) is 0 Å². The summed E-state index contributed by atoms with van der Waals surface area (Å²) in [6.07, 6.45) is 3.39. The summed E-state index contributed by atoms with van der Waals surface area (Å²) in [7, 11) is 0. The molecule has 1 amide bonds. The molecule has 0 bridgehead atoms. The molecule has 2 aromatic carbocycles. The number of para-hydroxylation sites is 1. The Balaban J connectivity index is 1.34. The van der Waals surface area contributed by atoms with Crippen LogP contribution < -0.4 is 10.1 Å². The van der Waals surface area contributed by atoms with Gasteiger partial charge in [0.15, 0.2) is 5.76 Å². The Hall–Kier alpha value is -2.84. The van der Waals surface area contributed by atoms with Crippen LogP contribution in [0.25, 0.3) is 0 Å². The lowest BCUT2D eigenvalue weighted by Crippen LogP contribution is -2.10. The zero-order valence-electron chi connectivity index (χ0n) is 15.7.